The molecule has 0 amide bonds. The third kappa shape index (κ3) is 4.56. The molecule has 2 aromatic carbocycles. The molecule has 0 aromatic heterocycles. The van der Waals surface area contributed by atoms with Crippen molar-refractivity contribution in [3.8, 4) is 11.8 Å². The highest BCUT2D eigenvalue weighted by Crippen LogP contribution is 2.26. The zero-order valence-electron chi connectivity index (χ0n) is 12.3. The molecule has 0 radical (unpaired) electrons. The lowest BCUT2D eigenvalue weighted by atomic mass is 9.90. The summed E-state index contributed by atoms with van der Waals surface area (Å²) in [6.45, 7) is 1.50. The maximum absolute atomic E-state index is 11.8. The number of hydrogen-bond donors (Lipinski definition) is 1. The summed E-state index contributed by atoms with van der Waals surface area (Å²) in [6.07, 6.45) is -0.503. The average Bonchev–Trinajstić information content (AvgIpc) is 2.52. The predicted octanol–water partition coefficient (Wildman–Crippen LogP) is 4.13. The minimum absolute atomic E-state index is 0.0576. The van der Waals surface area contributed by atoms with Crippen LogP contribution in [-0.4, -0.2) is 10.9 Å². The first-order chi connectivity index (χ1) is 10.6. The third-order valence-corrected chi connectivity index (χ3v) is 3.97. The Balaban J connectivity index is 2.12. The SMILES string of the molecule is CC(=O)[C@@H](CC#Cc1ccccc1)[C@@H](O)c1ccc(Br)cc1. The third-order valence-electron chi connectivity index (χ3n) is 3.44. The summed E-state index contributed by atoms with van der Waals surface area (Å²) < 4.78 is 0.937. The molecule has 0 bridgehead atoms. The van der Waals surface area contributed by atoms with E-state index >= 15 is 0 Å². The standard InChI is InChI=1S/C19H17BrO2/c1-14(21)18(9-5-8-15-6-3-2-4-7-15)19(22)16-10-12-17(20)13-11-16/h2-4,6-7,10-13,18-19,22H,9H2,1H3/t18-,19+/m1/s1. The van der Waals surface area contributed by atoms with Crippen LogP contribution in [-0.2, 0) is 4.79 Å². The molecular weight excluding hydrogens is 340 g/mol. The van der Waals surface area contributed by atoms with E-state index in [1.165, 1.54) is 6.92 Å². The van der Waals surface area contributed by atoms with Gasteiger partial charge in [-0.25, -0.2) is 0 Å². The number of Topliss-reactive ketones (excluding diaryl/α,β-unsaturated/α-hetero) is 1. The van der Waals surface area contributed by atoms with Crippen molar-refractivity contribution in [2.45, 2.75) is 19.4 Å². The second-order valence-corrected chi connectivity index (χ2v) is 6.00. The minimum Gasteiger partial charge on any atom is -0.388 e. The Morgan fingerprint density at radius 2 is 1.77 bits per heavy atom. The summed E-state index contributed by atoms with van der Waals surface area (Å²) in [5, 5.41) is 10.4. The highest BCUT2D eigenvalue weighted by Gasteiger charge is 2.24. The number of ketones is 1. The van der Waals surface area contributed by atoms with Gasteiger partial charge in [-0.3, -0.25) is 4.79 Å². The van der Waals surface area contributed by atoms with Gasteiger partial charge in [-0.05, 0) is 36.8 Å². The van der Waals surface area contributed by atoms with Gasteiger partial charge >= 0.3 is 0 Å². The molecule has 0 aliphatic rings. The van der Waals surface area contributed by atoms with Crippen LogP contribution in [0.2, 0.25) is 0 Å². The Bertz CT molecular complexity index is 681. The smallest absolute Gasteiger partial charge is 0.136 e. The molecule has 0 spiro atoms. The normalized spacial score (nSPS) is 12.9. The van der Waals surface area contributed by atoms with Gasteiger partial charge in [0.25, 0.3) is 0 Å². The molecular formula is C19H17BrO2. The van der Waals surface area contributed by atoms with Crippen LogP contribution < -0.4 is 0 Å². The van der Waals surface area contributed by atoms with Crippen LogP contribution in [0.15, 0.2) is 59.1 Å². The minimum atomic E-state index is -0.837. The number of benzene rings is 2. The Hall–Kier alpha value is -1.89. The van der Waals surface area contributed by atoms with Gasteiger partial charge in [-0.1, -0.05) is 58.1 Å². The van der Waals surface area contributed by atoms with Crippen molar-refractivity contribution in [1.82, 2.24) is 0 Å². The van der Waals surface area contributed by atoms with Crippen molar-refractivity contribution in [1.29, 1.82) is 0 Å². The molecule has 0 fully saturated rings. The van der Waals surface area contributed by atoms with Gasteiger partial charge < -0.3 is 5.11 Å². The molecule has 2 atom stereocenters. The summed E-state index contributed by atoms with van der Waals surface area (Å²) >= 11 is 3.36. The summed E-state index contributed by atoms with van der Waals surface area (Å²) in [7, 11) is 0. The summed E-state index contributed by atoms with van der Waals surface area (Å²) in [5.41, 5.74) is 1.63. The molecule has 1 N–H and O–H groups in total. The van der Waals surface area contributed by atoms with Gasteiger partial charge in [0, 0.05) is 16.5 Å². The van der Waals surface area contributed by atoms with E-state index in [4.69, 9.17) is 0 Å². The average molecular weight is 357 g/mol. The van der Waals surface area contributed by atoms with Crippen molar-refractivity contribution in [2.75, 3.05) is 0 Å². The van der Waals surface area contributed by atoms with Crippen LogP contribution in [0.1, 0.15) is 30.6 Å². The Morgan fingerprint density at radius 1 is 1.14 bits per heavy atom. The highest BCUT2D eigenvalue weighted by molar-refractivity contribution is 9.10. The Kier molecular flexibility index (Phi) is 5.94. The monoisotopic (exact) mass is 356 g/mol. The first kappa shape index (κ1) is 16.5. The summed E-state index contributed by atoms with van der Waals surface area (Å²) in [5.74, 6) is 5.46. The van der Waals surface area contributed by atoms with E-state index in [9.17, 15) is 9.90 Å². The van der Waals surface area contributed by atoms with Gasteiger partial charge in [-0.15, -0.1) is 0 Å². The second-order valence-electron chi connectivity index (χ2n) is 5.09. The van der Waals surface area contributed by atoms with Crippen molar-refractivity contribution < 1.29 is 9.90 Å². The number of carbonyl (C=O) groups is 1. The first-order valence-electron chi connectivity index (χ1n) is 7.06. The van der Waals surface area contributed by atoms with Crippen LogP contribution in [0.3, 0.4) is 0 Å². The molecule has 3 heteroatoms. The molecule has 0 aliphatic heterocycles. The lowest BCUT2D eigenvalue weighted by Crippen LogP contribution is -2.19. The van der Waals surface area contributed by atoms with E-state index in [0.29, 0.717) is 6.42 Å². The molecule has 0 heterocycles. The predicted molar refractivity (Wildman–Crippen MR) is 91.2 cm³/mol. The quantitative estimate of drug-likeness (QED) is 0.836. The zero-order chi connectivity index (χ0) is 15.9. The molecule has 112 valence electrons. The van der Waals surface area contributed by atoms with Gasteiger partial charge in [0.2, 0.25) is 0 Å². The first-order valence-corrected chi connectivity index (χ1v) is 7.85. The number of rotatable bonds is 4. The fourth-order valence-corrected chi connectivity index (χ4v) is 2.42. The van der Waals surface area contributed by atoms with Crippen LogP contribution in [0, 0.1) is 17.8 Å². The maximum Gasteiger partial charge on any atom is 0.136 e. The largest absolute Gasteiger partial charge is 0.388 e. The molecule has 2 aromatic rings. The molecule has 0 saturated carbocycles. The van der Waals surface area contributed by atoms with E-state index in [1.807, 2.05) is 54.6 Å². The topological polar surface area (TPSA) is 37.3 Å². The Labute approximate surface area is 139 Å². The molecule has 0 saturated heterocycles. The fraction of sp³-hybridized carbons (Fsp3) is 0.211. The molecule has 0 unspecified atom stereocenters. The highest BCUT2D eigenvalue weighted by atomic mass is 79.9. The fourth-order valence-electron chi connectivity index (χ4n) is 2.15. The second kappa shape index (κ2) is 7.93. The van der Waals surface area contributed by atoms with Crippen LogP contribution in [0.25, 0.3) is 0 Å². The van der Waals surface area contributed by atoms with Gasteiger partial charge in [-0.2, -0.15) is 0 Å². The van der Waals surface area contributed by atoms with E-state index in [2.05, 4.69) is 27.8 Å². The van der Waals surface area contributed by atoms with Crippen molar-refractivity contribution >= 4 is 21.7 Å². The number of aliphatic hydroxyl groups excluding tert-OH is 1. The van der Waals surface area contributed by atoms with E-state index in [1.54, 1.807) is 0 Å². The molecule has 22 heavy (non-hydrogen) atoms. The van der Waals surface area contributed by atoms with Crippen LogP contribution in [0.5, 0.6) is 0 Å². The van der Waals surface area contributed by atoms with Crippen molar-refractivity contribution in [2.24, 2.45) is 5.92 Å². The lowest BCUT2D eigenvalue weighted by molar-refractivity contribution is -0.124. The van der Waals surface area contributed by atoms with Crippen LogP contribution in [0.4, 0.5) is 0 Å². The molecule has 0 aliphatic carbocycles. The van der Waals surface area contributed by atoms with Gasteiger partial charge in [0.15, 0.2) is 0 Å². The Morgan fingerprint density at radius 3 is 2.36 bits per heavy atom. The van der Waals surface area contributed by atoms with E-state index in [0.717, 1.165) is 15.6 Å². The number of carbonyl (C=O) groups excluding carboxylic acids is 1. The zero-order valence-corrected chi connectivity index (χ0v) is 13.9. The van der Waals surface area contributed by atoms with E-state index < -0.39 is 12.0 Å². The number of hydrogen-bond acceptors (Lipinski definition) is 2. The summed E-state index contributed by atoms with van der Waals surface area (Å²) in [6, 6.07) is 16.9. The van der Waals surface area contributed by atoms with Gasteiger partial charge in [0.1, 0.15) is 5.78 Å². The van der Waals surface area contributed by atoms with Gasteiger partial charge in [0.05, 0.1) is 12.0 Å². The van der Waals surface area contributed by atoms with Crippen molar-refractivity contribution in [3.63, 3.8) is 0 Å². The number of halogens is 1. The molecule has 2 nitrogen and oxygen atoms in total. The molecule has 2 rings (SSSR count). The summed E-state index contributed by atoms with van der Waals surface area (Å²) in [4.78, 5) is 11.8. The maximum atomic E-state index is 11.8. The van der Waals surface area contributed by atoms with Crippen LogP contribution >= 0.6 is 15.9 Å². The lowest BCUT2D eigenvalue weighted by Gasteiger charge is -2.18. The van der Waals surface area contributed by atoms with E-state index in [-0.39, 0.29) is 5.78 Å². The van der Waals surface area contributed by atoms with Crippen molar-refractivity contribution in [3.05, 3.63) is 70.2 Å². The number of aliphatic hydroxyl groups is 1.